The average Bonchev–Trinajstić information content (AvgIpc) is 2.79. The van der Waals surface area contributed by atoms with Crippen molar-refractivity contribution < 1.29 is 19.8 Å². The third-order valence-corrected chi connectivity index (χ3v) is 6.19. The van der Waals surface area contributed by atoms with E-state index in [4.69, 9.17) is 0 Å². The molecule has 1 saturated carbocycles. The second-order valence-electron chi connectivity index (χ2n) is 8.54. The molecule has 0 atom stereocenters. The van der Waals surface area contributed by atoms with E-state index in [0.29, 0.717) is 12.5 Å². The van der Waals surface area contributed by atoms with Crippen LogP contribution in [0.4, 0.5) is 0 Å². The highest BCUT2D eigenvalue weighted by atomic mass is 16.4. The number of rotatable bonds is 9. The van der Waals surface area contributed by atoms with Gasteiger partial charge in [-0.1, -0.05) is 69.4 Å². The summed E-state index contributed by atoms with van der Waals surface area (Å²) >= 11 is 0. The van der Waals surface area contributed by atoms with Gasteiger partial charge in [0.05, 0.1) is 0 Å². The van der Waals surface area contributed by atoms with Crippen LogP contribution >= 0.6 is 0 Å². The van der Waals surface area contributed by atoms with Crippen molar-refractivity contribution in [1.82, 2.24) is 4.90 Å². The summed E-state index contributed by atoms with van der Waals surface area (Å²) in [6.07, 6.45) is 8.84. The molecule has 31 heavy (non-hydrogen) atoms. The van der Waals surface area contributed by atoms with Crippen molar-refractivity contribution in [2.75, 3.05) is 6.54 Å². The predicted octanol–water partition coefficient (Wildman–Crippen LogP) is 5.86. The highest BCUT2D eigenvalue weighted by molar-refractivity contribution is 5.92. The lowest BCUT2D eigenvalue weighted by Crippen LogP contribution is -2.37. The SMILES string of the molecule is CCCCCN(Cc1ccc(-c2ccc(O)c(C(=O)O)c2)cc1)C(=O)C1CCCCC1. The maximum atomic E-state index is 13.2. The molecule has 0 aromatic heterocycles. The van der Waals surface area contributed by atoms with Crippen molar-refractivity contribution in [1.29, 1.82) is 0 Å². The van der Waals surface area contributed by atoms with Gasteiger partial charge in [-0.3, -0.25) is 4.79 Å². The summed E-state index contributed by atoms with van der Waals surface area (Å²) in [4.78, 5) is 26.5. The molecule has 0 unspecified atom stereocenters. The molecule has 2 N–H and O–H groups in total. The molecule has 0 heterocycles. The third-order valence-electron chi connectivity index (χ3n) is 6.19. The van der Waals surface area contributed by atoms with E-state index in [9.17, 15) is 19.8 Å². The van der Waals surface area contributed by atoms with Crippen molar-refractivity contribution in [2.45, 2.75) is 64.8 Å². The van der Waals surface area contributed by atoms with Gasteiger partial charge >= 0.3 is 5.97 Å². The summed E-state index contributed by atoms with van der Waals surface area (Å²) in [6, 6.07) is 12.5. The van der Waals surface area contributed by atoms with Crippen molar-refractivity contribution in [3.05, 3.63) is 53.6 Å². The lowest BCUT2D eigenvalue weighted by molar-refractivity contribution is -0.137. The maximum Gasteiger partial charge on any atom is 0.339 e. The molecule has 166 valence electrons. The molecule has 0 radical (unpaired) electrons. The first-order chi connectivity index (χ1) is 15.0. The molecule has 2 aromatic rings. The van der Waals surface area contributed by atoms with Gasteiger partial charge in [-0.15, -0.1) is 0 Å². The van der Waals surface area contributed by atoms with Crippen LogP contribution < -0.4 is 0 Å². The van der Waals surface area contributed by atoms with E-state index < -0.39 is 5.97 Å². The Morgan fingerprint density at radius 1 is 0.968 bits per heavy atom. The van der Waals surface area contributed by atoms with Gasteiger partial charge in [-0.2, -0.15) is 0 Å². The van der Waals surface area contributed by atoms with Gasteiger partial charge < -0.3 is 15.1 Å². The first-order valence-corrected chi connectivity index (χ1v) is 11.4. The highest BCUT2D eigenvalue weighted by Crippen LogP contribution is 2.28. The number of carbonyl (C=O) groups is 2. The van der Waals surface area contributed by atoms with Crippen LogP contribution in [0, 0.1) is 5.92 Å². The number of carboxylic acids is 1. The summed E-state index contributed by atoms with van der Waals surface area (Å²) in [6.45, 7) is 3.57. The van der Waals surface area contributed by atoms with Gasteiger partial charge in [0.25, 0.3) is 0 Å². The molecular formula is C26H33NO4. The first kappa shape index (κ1) is 22.9. The molecule has 1 fully saturated rings. The van der Waals surface area contributed by atoms with E-state index in [2.05, 4.69) is 6.92 Å². The lowest BCUT2D eigenvalue weighted by atomic mass is 9.88. The van der Waals surface area contributed by atoms with Gasteiger partial charge in [0.2, 0.25) is 5.91 Å². The Kier molecular flexibility index (Phi) is 8.10. The molecule has 5 nitrogen and oxygen atoms in total. The molecule has 0 saturated heterocycles. The van der Waals surface area contributed by atoms with E-state index in [1.165, 1.54) is 18.6 Å². The Morgan fingerprint density at radius 3 is 2.29 bits per heavy atom. The molecule has 2 aromatic carbocycles. The van der Waals surface area contributed by atoms with Crippen LogP contribution in [0.25, 0.3) is 11.1 Å². The van der Waals surface area contributed by atoms with Crippen molar-refractivity contribution in [2.24, 2.45) is 5.92 Å². The Bertz CT molecular complexity index is 885. The smallest absolute Gasteiger partial charge is 0.339 e. The van der Waals surface area contributed by atoms with E-state index in [-0.39, 0.29) is 17.2 Å². The molecular weight excluding hydrogens is 390 g/mol. The normalized spacial score (nSPS) is 14.4. The van der Waals surface area contributed by atoms with Crippen LogP contribution in [0.2, 0.25) is 0 Å². The quantitative estimate of drug-likeness (QED) is 0.496. The minimum Gasteiger partial charge on any atom is -0.507 e. The number of aromatic carboxylic acids is 1. The van der Waals surface area contributed by atoms with Gasteiger partial charge in [0, 0.05) is 19.0 Å². The summed E-state index contributed by atoms with van der Waals surface area (Å²) in [5.74, 6) is -0.928. The van der Waals surface area contributed by atoms with Crippen molar-refractivity contribution in [3.8, 4) is 16.9 Å². The molecule has 1 aliphatic carbocycles. The molecule has 1 aliphatic rings. The Hall–Kier alpha value is -2.82. The standard InChI is InChI=1S/C26H33NO4/c1-2-3-7-16-27(25(29)21-8-5-4-6-9-21)18-19-10-12-20(13-11-19)22-14-15-24(28)23(17-22)26(30)31/h10-15,17,21,28H,2-9,16,18H2,1H3,(H,30,31). The maximum absolute atomic E-state index is 13.2. The van der Waals surface area contributed by atoms with E-state index in [1.54, 1.807) is 6.07 Å². The number of nitrogens with zero attached hydrogens (tertiary/aromatic N) is 1. The second kappa shape index (κ2) is 11.0. The van der Waals surface area contributed by atoms with Gasteiger partial charge in [-0.05, 0) is 48.1 Å². The number of aromatic hydroxyl groups is 1. The van der Waals surface area contributed by atoms with Gasteiger partial charge in [0.15, 0.2) is 0 Å². The lowest BCUT2D eigenvalue weighted by Gasteiger charge is -2.29. The Balaban J connectivity index is 1.73. The summed E-state index contributed by atoms with van der Waals surface area (Å²) in [5, 5.41) is 19.0. The van der Waals surface area contributed by atoms with Crippen LogP contribution in [-0.2, 0) is 11.3 Å². The third kappa shape index (κ3) is 6.09. The molecule has 0 bridgehead atoms. The summed E-state index contributed by atoms with van der Waals surface area (Å²) in [5.41, 5.74) is 2.57. The topological polar surface area (TPSA) is 77.8 Å². The molecule has 1 amide bonds. The summed E-state index contributed by atoms with van der Waals surface area (Å²) in [7, 11) is 0. The second-order valence-corrected chi connectivity index (χ2v) is 8.54. The Labute approximate surface area is 184 Å². The van der Waals surface area contributed by atoms with Crippen LogP contribution in [0.15, 0.2) is 42.5 Å². The monoisotopic (exact) mass is 423 g/mol. The minimum absolute atomic E-state index is 0.109. The van der Waals surface area contributed by atoms with Crippen molar-refractivity contribution in [3.63, 3.8) is 0 Å². The number of phenols is 1. The van der Waals surface area contributed by atoms with Crippen LogP contribution in [0.5, 0.6) is 5.75 Å². The van der Waals surface area contributed by atoms with Crippen molar-refractivity contribution >= 4 is 11.9 Å². The predicted molar refractivity (Wildman–Crippen MR) is 122 cm³/mol. The van der Waals surface area contributed by atoms with E-state index in [1.807, 2.05) is 29.2 Å². The highest BCUT2D eigenvalue weighted by Gasteiger charge is 2.25. The minimum atomic E-state index is -1.15. The number of carboxylic acid groups (broad SMARTS) is 1. The van der Waals surface area contributed by atoms with E-state index in [0.717, 1.165) is 68.2 Å². The zero-order valence-electron chi connectivity index (χ0n) is 18.3. The van der Waals surface area contributed by atoms with Gasteiger partial charge in [-0.25, -0.2) is 4.79 Å². The van der Waals surface area contributed by atoms with Crippen LogP contribution in [0.3, 0.4) is 0 Å². The molecule has 0 spiro atoms. The number of unbranched alkanes of at least 4 members (excludes halogenated alkanes) is 2. The zero-order chi connectivity index (χ0) is 22.2. The number of amides is 1. The average molecular weight is 424 g/mol. The van der Waals surface area contributed by atoms with Crippen LogP contribution in [-0.4, -0.2) is 33.5 Å². The molecule has 5 heteroatoms. The summed E-state index contributed by atoms with van der Waals surface area (Å²) < 4.78 is 0. The van der Waals surface area contributed by atoms with Crippen LogP contribution in [0.1, 0.15) is 74.2 Å². The fourth-order valence-corrected chi connectivity index (χ4v) is 4.34. The zero-order valence-corrected chi connectivity index (χ0v) is 18.3. The van der Waals surface area contributed by atoms with Gasteiger partial charge in [0.1, 0.15) is 11.3 Å². The largest absolute Gasteiger partial charge is 0.507 e. The number of hydrogen-bond donors (Lipinski definition) is 2. The number of carbonyl (C=O) groups excluding carboxylic acids is 1. The number of benzene rings is 2. The fraction of sp³-hybridized carbons (Fsp3) is 0.462. The Morgan fingerprint density at radius 2 is 1.65 bits per heavy atom. The molecule has 3 rings (SSSR count). The van der Waals surface area contributed by atoms with E-state index >= 15 is 0 Å². The first-order valence-electron chi connectivity index (χ1n) is 11.4. The molecule has 0 aliphatic heterocycles. The fourth-order valence-electron chi connectivity index (χ4n) is 4.34. The number of hydrogen-bond acceptors (Lipinski definition) is 3.